The second-order valence-corrected chi connectivity index (χ2v) is 8.37. The molecule has 0 saturated heterocycles. The molecule has 0 spiro atoms. The van der Waals surface area contributed by atoms with Crippen LogP contribution in [-0.2, 0) is 0 Å². The quantitative estimate of drug-likeness (QED) is 0.521. The van der Waals surface area contributed by atoms with E-state index in [-0.39, 0.29) is 6.04 Å². The van der Waals surface area contributed by atoms with Crippen LogP contribution in [0.5, 0.6) is 5.75 Å². The molecule has 0 fully saturated rings. The minimum atomic E-state index is 0.228. The topological polar surface area (TPSA) is 21.3 Å². The van der Waals surface area contributed by atoms with E-state index in [1.807, 2.05) is 0 Å². The molecule has 2 rings (SSSR count). The Morgan fingerprint density at radius 3 is 2.67 bits per heavy atom. The smallest absolute Gasteiger partial charge is 0.133 e. The first-order chi connectivity index (χ1) is 10.2. The SMILES string of the molecule is CCCOc1ccc(C(NCC)c2csc(I)c2)cc1Br. The third-order valence-corrected chi connectivity index (χ3v) is 5.51. The molecule has 1 aromatic carbocycles. The Labute approximate surface area is 152 Å². The zero-order chi connectivity index (χ0) is 15.2. The Morgan fingerprint density at radius 2 is 2.10 bits per heavy atom. The zero-order valence-corrected chi connectivity index (χ0v) is 16.7. The highest BCUT2D eigenvalue weighted by atomic mass is 127. The van der Waals surface area contributed by atoms with Crippen molar-refractivity contribution < 1.29 is 4.74 Å². The fourth-order valence-corrected chi connectivity index (χ4v) is 4.04. The lowest BCUT2D eigenvalue weighted by molar-refractivity contribution is 0.315. The molecular formula is C16H19BrINOS. The third-order valence-electron chi connectivity index (χ3n) is 3.08. The van der Waals surface area contributed by atoms with Crippen LogP contribution in [0.15, 0.2) is 34.1 Å². The van der Waals surface area contributed by atoms with Gasteiger partial charge in [-0.1, -0.05) is 19.9 Å². The van der Waals surface area contributed by atoms with Crippen molar-refractivity contribution in [2.24, 2.45) is 0 Å². The van der Waals surface area contributed by atoms with Crippen molar-refractivity contribution in [3.05, 3.63) is 48.1 Å². The Hall–Kier alpha value is -0.110. The van der Waals surface area contributed by atoms with Crippen molar-refractivity contribution in [3.8, 4) is 5.75 Å². The van der Waals surface area contributed by atoms with E-state index in [2.05, 4.69) is 87.3 Å². The van der Waals surface area contributed by atoms with Gasteiger partial charge in [-0.2, -0.15) is 0 Å². The van der Waals surface area contributed by atoms with Gasteiger partial charge in [0.15, 0.2) is 0 Å². The van der Waals surface area contributed by atoms with Crippen LogP contribution >= 0.6 is 49.9 Å². The van der Waals surface area contributed by atoms with E-state index in [4.69, 9.17) is 4.74 Å². The van der Waals surface area contributed by atoms with Gasteiger partial charge >= 0.3 is 0 Å². The van der Waals surface area contributed by atoms with E-state index in [9.17, 15) is 0 Å². The molecule has 2 nitrogen and oxygen atoms in total. The monoisotopic (exact) mass is 479 g/mol. The first-order valence-electron chi connectivity index (χ1n) is 7.05. The molecular weight excluding hydrogens is 461 g/mol. The molecule has 0 radical (unpaired) electrons. The van der Waals surface area contributed by atoms with Crippen molar-refractivity contribution in [2.75, 3.05) is 13.2 Å². The van der Waals surface area contributed by atoms with Crippen LogP contribution in [0.3, 0.4) is 0 Å². The lowest BCUT2D eigenvalue weighted by Crippen LogP contribution is -2.21. The van der Waals surface area contributed by atoms with Crippen molar-refractivity contribution in [3.63, 3.8) is 0 Å². The minimum absolute atomic E-state index is 0.228. The van der Waals surface area contributed by atoms with E-state index in [0.29, 0.717) is 0 Å². The minimum Gasteiger partial charge on any atom is -0.492 e. The standard InChI is InChI=1S/C16H19BrINOS/c1-3-7-20-14-6-5-11(8-13(14)17)16(19-4-2)12-9-15(18)21-10-12/h5-6,8-10,16,19H,3-4,7H2,1-2H3. The van der Waals surface area contributed by atoms with Gasteiger partial charge in [0, 0.05) is 0 Å². The molecule has 5 heteroatoms. The molecule has 0 aliphatic carbocycles. The fourth-order valence-electron chi connectivity index (χ4n) is 2.13. The second kappa shape index (κ2) is 8.50. The van der Waals surface area contributed by atoms with Gasteiger partial charge in [-0.3, -0.25) is 0 Å². The van der Waals surface area contributed by atoms with Gasteiger partial charge in [0.25, 0.3) is 0 Å². The number of nitrogens with one attached hydrogen (secondary N) is 1. The van der Waals surface area contributed by atoms with E-state index in [1.54, 1.807) is 11.3 Å². The van der Waals surface area contributed by atoms with Gasteiger partial charge in [-0.25, -0.2) is 0 Å². The van der Waals surface area contributed by atoms with Crippen LogP contribution in [0, 0.1) is 2.88 Å². The molecule has 21 heavy (non-hydrogen) atoms. The van der Waals surface area contributed by atoms with Gasteiger partial charge in [-0.15, -0.1) is 11.3 Å². The fraction of sp³-hybridized carbons (Fsp3) is 0.375. The molecule has 1 heterocycles. The normalized spacial score (nSPS) is 12.4. The number of thiophene rings is 1. The van der Waals surface area contributed by atoms with Gasteiger partial charge in [0.2, 0.25) is 0 Å². The number of rotatable bonds is 7. The van der Waals surface area contributed by atoms with E-state index >= 15 is 0 Å². The summed E-state index contributed by atoms with van der Waals surface area (Å²) in [7, 11) is 0. The van der Waals surface area contributed by atoms with Crippen LogP contribution in [0.4, 0.5) is 0 Å². The van der Waals surface area contributed by atoms with E-state index in [1.165, 1.54) is 14.0 Å². The maximum absolute atomic E-state index is 5.72. The Balaban J connectivity index is 2.26. The molecule has 0 aliphatic rings. The number of halogens is 2. The summed E-state index contributed by atoms with van der Waals surface area (Å²) in [5, 5.41) is 5.79. The molecule has 1 unspecified atom stereocenters. The number of benzene rings is 1. The molecule has 0 aliphatic heterocycles. The Kier molecular flexibility index (Phi) is 6.98. The highest BCUT2D eigenvalue weighted by molar-refractivity contribution is 14.1. The molecule has 1 atom stereocenters. The lowest BCUT2D eigenvalue weighted by Gasteiger charge is -2.18. The highest BCUT2D eigenvalue weighted by Crippen LogP contribution is 2.32. The van der Waals surface area contributed by atoms with Gasteiger partial charge < -0.3 is 10.1 Å². The number of hydrogen-bond donors (Lipinski definition) is 1. The average molecular weight is 480 g/mol. The predicted molar refractivity (Wildman–Crippen MR) is 102 cm³/mol. The summed E-state index contributed by atoms with van der Waals surface area (Å²) < 4.78 is 8.05. The maximum Gasteiger partial charge on any atom is 0.133 e. The Bertz CT molecular complexity index is 587. The maximum atomic E-state index is 5.72. The van der Waals surface area contributed by atoms with Crippen LogP contribution in [0.25, 0.3) is 0 Å². The summed E-state index contributed by atoms with van der Waals surface area (Å²) in [6.45, 7) is 5.93. The molecule has 114 valence electrons. The number of ether oxygens (including phenoxy) is 1. The van der Waals surface area contributed by atoms with Crippen LogP contribution in [0.1, 0.15) is 37.4 Å². The van der Waals surface area contributed by atoms with Crippen molar-refractivity contribution in [1.82, 2.24) is 5.32 Å². The van der Waals surface area contributed by atoms with Crippen LogP contribution in [0.2, 0.25) is 0 Å². The summed E-state index contributed by atoms with van der Waals surface area (Å²) in [6.07, 6.45) is 1.02. The number of hydrogen-bond acceptors (Lipinski definition) is 3. The van der Waals surface area contributed by atoms with Crippen molar-refractivity contribution in [2.45, 2.75) is 26.3 Å². The summed E-state index contributed by atoms with van der Waals surface area (Å²) in [5.41, 5.74) is 2.57. The average Bonchev–Trinajstić information content (AvgIpc) is 2.90. The van der Waals surface area contributed by atoms with Crippen LogP contribution < -0.4 is 10.1 Å². The van der Waals surface area contributed by atoms with Gasteiger partial charge in [0.1, 0.15) is 5.75 Å². The molecule has 0 amide bonds. The largest absolute Gasteiger partial charge is 0.492 e. The zero-order valence-electron chi connectivity index (χ0n) is 12.2. The summed E-state index contributed by atoms with van der Waals surface area (Å²) >= 11 is 7.78. The lowest BCUT2D eigenvalue weighted by atomic mass is 10.0. The molecule has 0 saturated carbocycles. The van der Waals surface area contributed by atoms with Gasteiger partial charge in [-0.05, 0) is 86.2 Å². The molecule has 2 aromatic rings. The molecule has 1 aromatic heterocycles. The molecule has 0 bridgehead atoms. The first-order valence-corrected chi connectivity index (χ1v) is 9.80. The highest BCUT2D eigenvalue weighted by Gasteiger charge is 2.16. The van der Waals surface area contributed by atoms with Crippen LogP contribution in [-0.4, -0.2) is 13.2 Å². The summed E-state index contributed by atoms with van der Waals surface area (Å²) in [6, 6.07) is 8.83. The van der Waals surface area contributed by atoms with E-state index < -0.39 is 0 Å². The third kappa shape index (κ3) is 4.68. The summed E-state index contributed by atoms with van der Waals surface area (Å²) in [5.74, 6) is 0.913. The Morgan fingerprint density at radius 1 is 1.29 bits per heavy atom. The second-order valence-electron chi connectivity index (χ2n) is 4.71. The van der Waals surface area contributed by atoms with Crippen molar-refractivity contribution in [1.29, 1.82) is 0 Å². The van der Waals surface area contributed by atoms with E-state index in [0.717, 1.165) is 29.8 Å². The van der Waals surface area contributed by atoms with Crippen molar-refractivity contribution >= 4 is 49.9 Å². The summed E-state index contributed by atoms with van der Waals surface area (Å²) in [4.78, 5) is 0. The van der Waals surface area contributed by atoms with Gasteiger partial charge in [0.05, 0.1) is 20.0 Å². The molecule has 1 N–H and O–H groups in total. The predicted octanol–water partition coefficient (Wildman–Crippen LogP) is 5.60. The first kappa shape index (κ1) is 17.2.